The summed E-state index contributed by atoms with van der Waals surface area (Å²) in [6.07, 6.45) is 0.280. The number of carbonyl (C=O) groups excluding carboxylic acids is 1. The third-order valence-corrected chi connectivity index (χ3v) is 4.27. The number of rotatable bonds is 7. The molecule has 0 heterocycles. The van der Waals surface area contributed by atoms with Crippen molar-refractivity contribution in [2.45, 2.75) is 45.9 Å². The molecule has 9 heteroatoms. The van der Waals surface area contributed by atoms with Gasteiger partial charge in [0.15, 0.2) is 5.96 Å². The lowest BCUT2D eigenvalue weighted by atomic mass is 10.1. The maximum absolute atomic E-state index is 13.5. The molecule has 0 saturated heterocycles. The van der Waals surface area contributed by atoms with E-state index in [2.05, 4.69) is 20.9 Å². The Balaban J connectivity index is 0.00000512. The minimum Gasteiger partial charge on any atom is -0.444 e. The summed E-state index contributed by atoms with van der Waals surface area (Å²) in [5.74, 6) is 0.208. The van der Waals surface area contributed by atoms with E-state index < -0.39 is 17.5 Å². The lowest BCUT2D eigenvalue weighted by molar-refractivity contribution is 0.0636. The maximum atomic E-state index is 13.5. The molecule has 0 saturated carbocycles. The van der Waals surface area contributed by atoms with E-state index in [-0.39, 0.29) is 36.1 Å². The van der Waals surface area contributed by atoms with Gasteiger partial charge in [-0.1, -0.05) is 18.2 Å². The smallest absolute Gasteiger partial charge is 0.412 e. The topological polar surface area (TPSA) is 95.0 Å². The Morgan fingerprint density at radius 1 is 1.09 bits per heavy atom. The first-order valence-corrected chi connectivity index (χ1v) is 10.1. The van der Waals surface area contributed by atoms with Gasteiger partial charge in [-0.2, -0.15) is 0 Å². The van der Waals surface area contributed by atoms with Gasteiger partial charge in [0.05, 0.1) is 6.61 Å². The summed E-state index contributed by atoms with van der Waals surface area (Å²) >= 11 is 0. The number of amides is 1. The quantitative estimate of drug-likeness (QED) is 0.232. The Kier molecular flexibility index (Phi) is 11.4. The van der Waals surface area contributed by atoms with Crippen LogP contribution in [0.25, 0.3) is 0 Å². The average Bonchev–Trinajstić information content (AvgIpc) is 2.71. The van der Waals surface area contributed by atoms with Crippen molar-refractivity contribution in [3.63, 3.8) is 0 Å². The van der Waals surface area contributed by atoms with Crippen LogP contribution in [-0.2, 0) is 24.3 Å². The lowest BCUT2D eigenvalue weighted by Gasteiger charge is -2.19. The number of aliphatic imine (C=N–C) groups is 1. The number of guanidine groups is 1. The molecule has 0 bridgehead atoms. The van der Waals surface area contributed by atoms with E-state index in [0.717, 1.165) is 17.5 Å². The standard InChI is InChI=1S/C23H31FN4O3.HI/c1-23(2,3)31-22(30)28-19-8-5-16(6-9-19)11-12-26-21(25-4)27-14-17-7-10-20(24)18(13-17)15-29;/h5-10,13,29H,11-12,14-15H2,1-4H3,(H,28,30)(H2,25,26,27);1H. The van der Waals surface area contributed by atoms with Crippen LogP contribution < -0.4 is 16.0 Å². The van der Waals surface area contributed by atoms with Crippen LogP contribution in [0.1, 0.15) is 37.5 Å². The molecule has 7 nitrogen and oxygen atoms in total. The van der Waals surface area contributed by atoms with Crippen molar-refractivity contribution >= 4 is 41.7 Å². The molecule has 0 fully saturated rings. The number of aliphatic hydroxyl groups excluding tert-OH is 1. The van der Waals surface area contributed by atoms with Gasteiger partial charge in [0.25, 0.3) is 0 Å². The summed E-state index contributed by atoms with van der Waals surface area (Å²) in [7, 11) is 1.68. The summed E-state index contributed by atoms with van der Waals surface area (Å²) in [6, 6.07) is 12.2. The Labute approximate surface area is 205 Å². The van der Waals surface area contributed by atoms with Gasteiger partial charge < -0.3 is 20.5 Å². The second-order valence-corrected chi connectivity index (χ2v) is 8.01. The molecule has 1 amide bonds. The molecule has 0 aliphatic rings. The number of halogens is 2. The van der Waals surface area contributed by atoms with E-state index in [1.54, 1.807) is 19.2 Å². The number of ether oxygens (including phenoxy) is 1. The highest BCUT2D eigenvalue weighted by Gasteiger charge is 2.16. The van der Waals surface area contributed by atoms with Gasteiger partial charge in [0, 0.05) is 31.4 Å². The predicted octanol–water partition coefficient (Wildman–Crippen LogP) is 4.19. The minimum atomic E-state index is -0.542. The Morgan fingerprint density at radius 2 is 1.75 bits per heavy atom. The summed E-state index contributed by atoms with van der Waals surface area (Å²) < 4.78 is 18.7. The number of nitrogens with zero attached hydrogens (tertiary/aromatic N) is 1. The van der Waals surface area contributed by atoms with Crippen LogP contribution in [-0.4, -0.2) is 36.4 Å². The minimum absolute atomic E-state index is 0. The normalized spacial score (nSPS) is 11.4. The first kappa shape index (κ1) is 27.6. The van der Waals surface area contributed by atoms with E-state index >= 15 is 0 Å². The van der Waals surface area contributed by atoms with E-state index in [9.17, 15) is 14.3 Å². The Hall–Kier alpha value is -2.40. The van der Waals surface area contributed by atoms with Gasteiger partial charge >= 0.3 is 6.09 Å². The second-order valence-electron chi connectivity index (χ2n) is 8.01. The van der Waals surface area contributed by atoms with E-state index in [4.69, 9.17) is 4.74 Å². The van der Waals surface area contributed by atoms with Gasteiger partial charge in [-0.25, -0.2) is 9.18 Å². The van der Waals surface area contributed by atoms with Crippen molar-refractivity contribution in [2.75, 3.05) is 18.9 Å². The summed E-state index contributed by atoms with van der Waals surface area (Å²) in [5, 5.41) is 18.3. The molecule has 0 atom stereocenters. The van der Waals surface area contributed by atoms with Crippen molar-refractivity contribution in [3.05, 3.63) is 65.0 Å². The number of nitrogens with one attached hydrogen (secondary N) is 3. The lowest BCUT2D eigenvalue weighted by Crippen LogP contribution is -2.37. The number of benzene rings is 2. The number of carbonyl (C=O) groups is 1. The highest BCUT2D eigenvalue weighted by molar-refractivity contribution is 14.0. The molecule has 0 spiro atoms. The molecule has 0 aromatic heterocycles. The molecule has 2 rings (SSSR count). The Morgan fingerprint density at radius 3 is 2.34 bits per heavy atom. The highest BCUT2D eigenvalue weighted by Crippen LogP contribution is 2.13. The van der Waals surface area contributed by atoms with Crippen LogP contribution in [0.4, 0.5) is 14.9 Å². The van der Waals surface area contributed by atoms with Gasteiger partial charge in [-0.15, -0.1) is 24.0 Å². The molecular weight excluding hydrogens is 526 g/mol. The van der Waals surface area contributed by atoms with Gasteiger partial charge in [0.1, 0.15) is 11.4 Å². The molecule has 4 N–H and O–H groups in total. The first-order valence-electron chi connectivity index (χ1n) is 10.1. The number of aliphatic hydroxyl groups is 1. The Bertz CT molecular complexity index is 899. The highest BCUT2D eigenvalue weighted by atomic mass is 127. The van der Waals surface area contributed by atoms with E-state index in [0.29, 0.717) is 24.7 Å². The molecule has 176 valence electrons. The van der Waals surface area contributed by atoms with Crippen molar-refractivity contribution in [1.29, 1.82) is 0 Å². The molecule has 0 aliphatic carbocycles. The van der Waals surface area contributed by atoms with Crippen LogP contribution in [0.15, 0.2) is 47.5 Å². The van der Waals surface area contributed by atoms with Crippen LogP contribution in [0.5, 0.6) is 0 Å². The van der Waals surface area contributed by atoms with Crippen LogP contribution >= 0.6 is 24.0 Å². The first-order chi connectivity index (χ1) is 14.7. The number of hydrogen-bond acceptors (Lipinski definition) is 4. The number of anilines is 1. The largest absolute Gasteiger partial charge is 0.444 e. The fourth-order valence-electron chi connectivity index (χ4n) is 2.77. The molecule has 0 radical (unpaired) electrons. The van der Waals surface area contributed by atoms with Crippen molar-refractivity contribution in [3.8, 4) is 0 Å². The number of hydrogen-bond donors (Lipinski definition) is 4. The zero-order valence-electron chi connectivity index (χ0n) is 18.9. The third-order valence-electron chi connectivity index (χ3n) is 4.27. The second kappa shape index (κ2) is 13.2. The summed E-state index contributed by atoms with van der Waals surface area (Å²) in [4.78, 5) is 16.0. The van der Waals surface area contributed by atoms with Gasteiger partial charge in [-0.05, 0) is 62.6 Å². The van der Waals surface area contributed by atoms with Crippen LogP contribution in [0.3, 0.4) is 0 Å². The van der Waals surface area contributed by atoms with Crippen LogP contribution in [0, 0.1) is 5.82 Å². The molecule has 2 aromatic carbocycles. The maximum Gasteiger partial charge on any atom is 0.412 e. The van der Waals surface area contributed by atoms with Crippen molar-refractivity contribution in [1.82, 2.24) is 10.6 Å². The average molecular weight is 558 g/mol. The predicted molar refractivity (Wildman–Crippen MR) is 136 cm³/mol. The summed E-state index contributed by atoms with van der Waals surface area (Å²) in [5.41, 5.74) is 2.35. The summed E-state index contributed by atoms with van der Waals surface area (Å²) in [6.45, 7) is 6.23. The van der Waals surface area contributed by atoms with Gasteiger partial charge in [0.2, 0.25) is 0 Å². The third kappa shape index (κ3) is 9.82. The van der Waals surface area contributed by atoms with E-state index in [1.807, 2.05) is 45.0 Å². The molecular formula is C23H32FIN4O3. The van der Waals surface area contributed by atoms with Crippen LogP contribution in [0.2, 0.25) is 0 Å². The fraction of sp³-hybridized carbons (Fsp3) is 0.391. The molecule has 0 aliphatic heterocycles. The zero-order chi connectivity index (χ0) is 22.9. The van der Waals surface area contributed by atoms with Crippen molar-refractivity contribution in [2.24, 2.45) is 4.99 Å². The zero-order valence-corrected chi connectivity index (χ0v) is 21.2. The van der Waals surface area contributed by atoms with E-state index in [1.165, 1.54) is 6.07 Å². The fourth-order valence-corrected chi connectivity index (χ4v) is 2.77. The van der Waals surface area contributed by atoms with Crippen molar-refractivity contribution < 1.29 is 19.0 Å². The molecule has 32 heavy (non-hydrogen) atoms. The monoisotopic (exact) mass is 558 g/mol. The van der Waals surface area contributed by atoms with Gasteiger partial charge in [-0.3, -0.25) is 10.3 Å². The molecule has 0 unspecified atom stereocenters. The SMILES string of the molecule is CN=C(NCCc1ccc(NC(=O)OC(C)(C)C)cc1)NCc1ccc(F)c(CO)c1.I. The molecule has 2 aromatic rings.